The second kappa shape index (κ2) is 7.89. The SMILES string of the molecule is CN1C(=O)C(C)(C)CN(C2CCCC2)c2nc(Nc3ccc(-n4cncn4)cc3)ncc21. The van der Waals surface area contributed by atoms with Gasteiger partial charge in [0, 0.05) is 25.3 Å². The van der Waals surface area contributed by atoms with E-state index in [1.165, 1.54) is 19.2 Å². The number of nitrogens with zero attached hydrogens (tertiary/aromatic N) is 7. The molecule has 5 rings (SSSR count). The highest BCUT2D eigenvalue weighted by Crippen LogP contribution is 2.40. The minimum Gasteiger partial charge on any atom is -0.351 e. The van der Waals surface area contributed by atoms with Crippen LogP contribution in [-0.2, 0) is 4.79 Å². The van der Waals surface area contributed by atoms with Crippen LogP contribution in [0.1, 0.15) is 39.5 Å². The molecule has 1 N–H and O–H groups in total. The van der Waals surface area contributed by atoms with Gasteiger partial charge in [0.2, 0.25) is 11.9 Å². The molecular weight excluding hydrogens is 404 g/mol. The fourth-order valence-electron chi connectivity index (χ4n) is 4.69. The van der Waals surface area contributed by atoms with Gasteiger partial charge in [0.25, 0.3) is 0 Å². The zero-order chi connectivity index (χ0) is 22.3. The van der Waals surface area contributed by atoms with Crippen molar-refractivity contribution in [1.29, 1.82) is 0 Å². The van der Waals surface area contributed by atoms with Crippen molar-refractivity contribution in [3.63, 3.8) is 0 Å². The van der Waals surface area contributed by atoms with Crippen LogP contribution in [0.4, 0.5) is 23.1 Å². The van der Waals surface area contributed by atoms with Crippen LogP contribution in [-0.4, -0.2) is 50.3 Å². The molecule has 0 bridgehead atoms. The number of fused-ring (bicyclic) bond motifs is 1. The Bertz CT molecular complexity index is 1100. The van der Waals surface area contributed by atoms with Crippen molar-refractivity contribution in [2.45, 2.75) is 45.6 Å². The topological polar surface area (TPSA) is 92.1 Å². The second-order valence-corrected chi connectivity index (χ2v) is 9.23. The summed E-state index contributed by atoms with van der Waals surface area (Å²) in [5.74, 6) is 1.43. The largest absolute Gasteiger partial charge is 0.351 e. The molecule has 0 saturated heterocycles. The Balaban J connectivity index is 1.47. The third-order valence-corrected chi connectivity index (χ3v) is 6.40. The maximum Gasteiger partial charge on any atom is 0.234 e. The van der Waals surface area contributed by atoms with Gasteiger partial charge in [-0.2, -0.15) is 10.1 Å². The molecule has 2 aliphatic rings. The smallest absolute Gasteiger partial charge is 0.234 e. The summed E-state index contributed by atoms with van der Waals surface area (Å²) in [5.41, 5.74) is 2.06. The van der Waals surface area contributed by atoms with Crippen molar-refractivity contribution in [2.24, 2.45) is 5.41 Å². The maximum absolute atomic E-state index is 13.1. The van der Waals surface area contributed by atoms with E-state index in [4.69, 9.17) is 4.98 Å². The van der Waals surface area contributed by atoms with Gasteiger partial charge in [0.1, 0.15) is 18.3 Å². The number of carbonyl (C=O) groups is 1. The molecule has 0 unspecified atom stereocenters. The third kappa shape index (κ3) is 3.68. The van der Waals surface area contributed by atoms with E-state index in [1.807, 2.05) is 45.2 Å². The lowest BCUT2D eigenvalue weighted by Crippen LogP contribution is -2.45. The van der Waals surface area contributed by atoms with Crippen molar-refractivity contribution >= 4 is 29.0 Å². The van der Waals surface area contributed by atoms with Gasteiger partial charge in [-0.25, -0.2) is 14.6 Å². The highest BCUT2D eigenvalue weighted by atomic mass is 16.2. The highest BCUT2D eigenvalue weighted by Gasteiger charge is 2.41. The average molecular weight is 433 g/mol. The Morgan fingerprint density at radius 1 is 1.12 bits per heavy atom. The Hall–Kier alpha value is -3.49. The lowest BCUT2D eigenvalue weighted by molar-refractivity contribution is -0.125. The summed E-state index contributed by atoms with van der Waals surface area (Å²) in [5, 5.41) is 7.46. The number of amides is 1. The minimum atomic E-state index is -0.497. The van der Waals surface area contributed by atoms with Crippen LogP contribution in [0.15, 0.2) is 43.1 Å². The van der Waals surface area contributed by atoms with Crippen LogP contribution >= 0.6 is 0 Å². The van der Waals surface area contributed by atoms with E-state index in [9.17, 15) is 4.79 Å². The fourth-order valence-corrected chi connectivity index (χ4v) is 4.69. The van der Waals surface area contributed by atoms with Gasteiger partial charge < -0.3 is 15.1 Å². The molecule has 3 heterocycles. The summed E-state index contributed by atoms with van der Waals surface area (Å²) in [4.78, 5) is 30.6. The summed E-state index contributed by atoms with van der Waals surface area (Å²) in [6.45, 7) is 4.68. The molecule has 9 heteroatoms. The Kier molecular flexibility index (Phi) is 5.03. The minimum absolute atomic E-state index is 0.0901. The average Bonchev–Trinajstić information content (AvgIpc) is 3.50. The Morgan fingerprint density at radius 2 is 1.88 bits per heavy atom. The van der Waals surface area contributed by atoms with Crippen LogP contribution < -0.4 is 15.1 Å². The fraction of sp³-hybridized carbons (Fsp3) is 0.435. The molecule has 1 aromatic carbocycles. The number of hydrogen-bond donors (Lipinski definition) is 1. The first kappa shape index (κ1) is 20.4. The van der Waals surface area contributed by atoms with Gasteiger partial charge in [0.15, 0.2) is 5.82 Å². The lowest BCUT2D eigenvalue weighted by Gasteiger charge is -2.34. The summed E-state index contributed by atoms with van der Waals surface area (Å²) in [6.07, 6.45) is 9.62. The number of anilines is 4. The van der Waals surface area contributed by atoms with Gasteiger partial charge in [-0.3, -0.25) is 4.79 Å². The Labute approximate surface area is 187 Å². The van der Waals surface area contributed by atoms with Crippen molar-refractivity contribution in [3.8, 4) is 5.69 Å². The summed E-state index contributed by atoms with van der Waals surface area (Å²) in [7, 11) is 1.82. The number of aromatic nitrogens is 5. The zero-order valence-electron chi connectivity index (χ0n) is 18.7. The number of carbonyl (C=O) groups excluding carboxylic acids is 1. The monoisotopic (exact) mass is 432 g/mol. The van der Waals surface area contributed by atoms with Crippen molar-refractivity contribution in [2.75, 3.05) is 28.7 Å². The molecule has 1 amide bonds. The van der Waals surface area contributed by atoms with Crippen LogP contribution in [0.3, 0.4) is 0 Å². The predicted molar refractivity (Wildman–Crippen MR) is 123 cm³/mol. The number of benzene rings is 1. The molecule has 1 fully saturated rings. The van der Waals surface area contributed by atoms with E-state index in [0.29, 0.717) is 18.5 Å². The first-order chi connectivity index (χ1) is 15.4. The van der Waals surface area contributed by atoms with Gasteiger partial charge in [0.05, 0.1) is 17.3 Å². The van der Waals surface area contributed by atoms with E-state index in [0.717, 1.165) is 35.7 Å². The standard InChI is InChI=1S/C23H28N8O/c1-23(2)13-30(17-6-4-5-7-17)20-19(29(3)21(23)32)12-25-22(28-20)27-16-8-10-18(11-9-16)31-15-24-14-26-31/h8-12,14-15,17H,4-7,13H2,1-3H3,(H,25,27,28). The zero-order valence-corrected chi connectivity index (χ0v) is 18.7. The van der Waals surface area contributed by atoms with Gasteiger partial charge in [-0.05, 0) is 51.0 Å². The molecule has 166 valence electrons. The van der Waals surface area contributed by atoms with Crippen molar-refractivity contribution < 1.29 is 4.79 Å². The highest BCUT2D eigenvalue weighted by molar-refractivity contribution is 6.00. The second-order valence-electron chi connectivity index (χ2n) is 9.23. The molecule has 0 spiro atoms. The molecule has 0 atom stereocenters. The van der Waals surface area contributed by atoms with E-state index in [1.54, 1.807) is 22.1 Å². The van der Waals surface area contributed by atoms with E-state index in [2.05, 4.69) is 25.3 Å². The van der Waals surface area contributed by atoms with Crippen molar-refractivity contribution in [3.05, 3.63) is 43.1 Å². The molecule has 2 aromatic heterocycles. The first-order valence-corrected chi connectivity index (χ1v) is 11.1. The van der Waals surface area contributed by atoms with Gasteiger partial charge >= 0.3 is 0 Å². The Morgan fingerprint density at radius 3 is 2.56 bits per heavy atom. The van der Waals surface area contributed by atoms with Crippen LogP contribution in [0.2, 0.25) is 0 Å². The van der Waals surface area contributed by atoms with Crippen LogP contribution in [0, 0.1) is 5.41 Å². The molecule has 9 nitrogen and oxygen atoms in total. The van der Waals surface area contributed by atoms with Gasteiger partial charge in [-0.15, -0.1) is 0 Å². The molecule has 1 saturated carbocycles. The molecule has 1 aliphatic heterocycles. The first-order valence-electron chi connectivity index (χ1n) is 11.1. The van der Waals surface area contributed by atoms with E-state index >= 15 is 0 Å². The quantitative estimate of drug-likeness (QED) is 0.674. The normalized spacial score (nSPS) is 18.5. The summed E-state index contributed by atoms with van der Waals surface area (Å²) in [6, 6.07) is 8.23. The van der Waals surface area contributed by atoms with Gasteiger partial charge in [-0.1, -0.05) is 12.8 Å². The molecule has 0 radical (unpaired) electrons. The number of hydrogen-bond acceptors (Lipinski definition) is 7. The van der Waals surface area contributed by atoms with E-state index < -0.39 is 5.41 Å². The van der Waals surface area contributed by atoms with Crippen LogP contribution in [0.5, 0.6) is 0 Å². The molecular formula is C23H28N8O. The number of rotatable bonds is 4. The molecule has 1 aliphatic carbocycles. The summed E-state index contributed by atoms with van der Waals surface area (Å²) < 4.78 is 1.71. The predicted octanol–water partition coefficient (Wildman–Crippen LogP) is 3.55. The third-order valence-electron chi connectivity index (χ3n) is 6.40. The van der Waals surface area contributed by atoms with Crippen molar-refractivity contribution in [1.82, 2.24) is 24.7 Å². The summed E-state index contributed by atoms with van der Waals surface area (Å²) >= 11 is 0. The lowest BCUT2D eigenvalue weighted by atomic mass is 9.91. The maximum atomic E-state index is 13.1. The van der Waals surface area contributed by atoms with E-state index in [-0.39, 0.29) is 5.91 Å². The molecule has 3 aromatic rings. The molecule has 32 heavy (non-hydrogen) atoms. The van der Waals surface area contributed by atoms with Crippen LogP contribution in [0.25, 0.3) is 5.69 Å². The number of nitrogens with one attached hydrogen (secondary N) is 1.